The van der Waals surface area contributed by atoms with Gasteiger partial charge in [-0.25, -0.2) is 0 Å². The average Bonchev–Trinajstić information content (AvgIpc) is 2.49. The first-order valence-electron chi connectivity index (χ1n) is 6.36. The van der Waals surface area contributed by atoms with Crippen molar-refractivity contribution < 1.29 is 25.8 Å². The number of para-hydroxylation sites is 2. The number of hydrogen-bond acceptors (Lipinski definition) is 2. The van der Waals surface area contributed by atoms with Gasteiger partial charge in [0, 0.05) is 0 Å². The summed E-state index contributed by atoms with van der Waals surface area (Å²) in [5.41, 5.74) is 1.09. The van der Waals surface area contributed by atoms with Crippen molar-refractivity contribution >= 4 is 13.6 Å². The first-order valence-corrected chi connectivity index (χ1v) is 13.3. The van der Waals surface area contributed by atoms with E-state index in [2.05, 4.69) is 19.7 Å². The molecule has 2 aromatic carbocycles. The summed E-state index contributed by atoms with van der Waals surface area (Å²) in [4.78, 5) is 0. The van der Waals surface area contributed by atoms with Gasteiger partial charge < -0.3 is 9.47 Å². The molecule has 0 spiro atoms. The zero-order valence-electron chi connectivity index (χ0n) is 11.8. The molecule has 0 radical (unpaired) electrons. The standard InChI is InChI=1S/C16H17O2.BrH.Zn/c1-13(2)18-16-11-7-6-10-15(16)17-12-14-8-4-3-5-9-14;;/h3-4,6-11,13H,12H2,1-2H3;1H;/q-1;;+2/p-1. The van der Waals surface area contributed by atoms with Crippen LogP contribution in [0.5, 0.6) is 11.5 Å². The molecule has 0 saturated carbocycles. The molecular formula is C16H17BrO2Zn. The molecule has 0 N–H and O–H groups in total. The number of halogens is 1. The molecule has 0 fully saturated rings. The van der Waals surface area contributed by atoms with Crippen molar-refractivity contribution in [2.75, 3.05) is 0 Å². The molecule has 0 unspecified atom stereocenters. The molecule has 102 valence electrons. The molecule has 20 heavy (non-hydrogen) atoms. The van der Waals surface area contributed by atoms with E-state index in [0.717, 1.165) is 17.1 Å². The normalized spacial score (nSPS) is 9.70. The van der Waals surface area contributed by atoms with Crippen molar-refractivity contribution in [3.63, 3.8) is 0 Å². The zero-order chi connectivity index (χ0) is 14.8. The van der Waals surface area contributed by atoms with Gasteiger partial charge in [0.25, 0.3) is 0 Å². The van der Waals surface area contributed by atoms with Crippen molar-refractivity contribution in [3.8, 4) is 11.5 Å². The van der Waals surface area contributed by atoms with Crippen molar-refractivity contribution in [2.45, 2.75) is 26.6 Å². The predicted octanol–water partition coefficient (Wildman–Crippen LogP) is 4.70. The van der Waals surface area contributed by atoms with Crippen LogP contribution in [0.2, 0.25) is 0 Å². The molecular weight excluding hydrogens is 369 g/mol. The molecule has 2 nitrogen and oxygen atoms in total. The number of rotatable bonds is 5. The summed E-state index contributed by atoms with van der Waals surface area (Å²) in [6.07, 6.45) is 0.139. The number of ether oxygens (including phenoxy) is 2. The van der Waals surface area contributed by atoms with Gasteiger partial charge in [-0.05, 0) is 26.0 Å². The minimum atomic E-state index is 0.139. The van der Waals surface area contributed by atoms with Crippen LogP contribution in [-0.4, -0.2) is 6.10 Å². The quantitative estimate of drug-likeness (QED) is 0.548. The summed E-state index contributed by atoms with van der Waals surface area (Å²) in [5, 5.41) is 0. The zero-order valence-corrected chi connectivity index (χ0v) is 16.4. The van der Waals surface area contributed by atoms with Crippen molar-refractivity contribution in [2.24, 2.45) is 0 Å². The molecule has 0 bridgehead atoms. The Morgan fingerprint density at radius 3 is 2.40 bits per heavy atom. The summed E-state index contributed by atoms with van der Waals surface area (Å²) >= 11 is 4.25. The van der Waals surface area contributed by atoms with E-state index in [9.17, 15) is 0 Å². The Hall–Kier alpha value is -0.857. The summed E-state index contributed by atoms with van der Waals surface area (Å²) in [7, 11) is 0. The van der Waals surface area contributed by atoms with Crippen LogP contribution in [-0.2, 0) is 22.9 Å². The van der Waals surface area contributed by atoms with Gasteiger partial charge in [-0.3, -0.25) is 0 Å². The summed E-state index contributed by atoms with van der Waals surface area (Å²) in [6, 6.07) is 18.5. The molecule has 0 amide bonds. The summed E-state index contributed by atoms with van der Waals surface area (Å²) in [6.45, 7) is 4.53. The molecule has 4 heteroatoms. The summed E-state index contributed by atoms with van der Waals surface area (Å²) in [5.74, 6) is 1.56. The summed E-state index contributed by atoms with van der Waals surface area (Å²) < 4.78 is 11.5. The van der Waals surface area contributed by atoms with E-state index < -0.39 is 0 Å². The van der Waals surface area contributed by atoms with Crippen molar-refractivity contribution in [3.05, 3.63) is 60.2 Å². The van der Waals surface area contributed by atoms with E-state index in [1.54, 1.807) is 0 Å². The van der Waals surface area contributed by atoms with Crippen molar-refractivity contribution in [1.29, 1.82) is 0 Å². The molecule has 0 aliphatic heterocycles. The van der Waals surface area contributed by atoms with Crippen LogP contribution >= 0.6 is 13.6 Å². The fourth-order valence-electron chi connectivity index (χ4n) is 1.60. The third kappa shape index (κ3) is 6.06. The van der Waals surface area contributed by atoms with Gasteiger partial charge in [-0.15, -0.1) is 5.56 Å². The van der Waals surface area contributed by atoms with E-state index in [1.807, 2.05) is 62.4 Å². The molecule has 0 aromatic heterocycles. The average molecular weight is 387 g/mol. The number of hydrogen-bond donors (Lipinski definition) is 0. The van der Waals surface area contributed by atoms with Gasteiger partial charge in [-0.1, -0.05) is 12.1 Å². The van der Waals surface area contributed by atoms with E-state index >= 15 is 0 Å². The topological polar surface area (TPSA) is 18.5 Å². The second-order valence-corrected chi connectivity index (χ2v) is 4.31. The van der Waals surface area contributed by atoms with Crippen LogP contribution in [0.1, 0.15) is 19.4 Å². The van der Waals surface area contributed by atoms with E-state index in [0.29, 0.717) is 6.61 Å². The Morgan fingerprint density at radius 2 is 1.80 bits per heavy atom. The second kappa shape index (κ2) is 9.96. The second-order valence-electron chi connectivity index (χ2n) is 4.31. The molecule has 0 saturated heterocycles. The molecule has 0 aliphatic carbocycles. The first-order chi connectivity index (χ1) is 9.75. The van der Waals surface area contributed by atoms with Crippen LogP contribution in [0, 0.1) is 6.07 Å². The predicted molar refractivity (Wildman–Crippen MR) is 80.7 cm³/mol. The maximum atomic E-state index is 5.78. The van der Waals surface area contributed by atoms with Gasteiger partial charge in [0.15, 0.2) is 11.5 Å². The van der Waals surface area contributed by atoms with E-state index in [4.69, 9.17) is 9.47 Å². The van der Waals surface area contributed by atoms with Crippen LogP contribution in [0.25, 0.3) is 0 Å². The fraction of sp³-hybridized carbons (Fsp3) is 0.250. The van der Waals surface area contributed by atoms with Crippen LogP contribution < -0.4 is 9.47 Å². The molecule has 0 aliphatic rings. The first kappa shape index (κ1) is 17.2. The van der Waals surface area contributed by atoms with Gasteiger partial charge in [0.1, 0.15) is 0 Å². The monoisotopic (exact) mass is 384 g/mol. The van der Waals surface area contributed by atoms with Crippen LogP contribution in [0.15, 0.2) is 48.5 Å². The Kier molecular flexibility index (Phi) is 8.56. The molecule has 0 atom stereocenters. The molecule has 2 aromatic rings. The van der Waals surface area contributed by atoms with Gasteiger partial charge in [-0.2, -0.15) is 30.3 Å². The Balaban J connectivity index is 0.000000956. The third-order valence-electron chi connectivity index (χ3n) is 2.38. The van der Waals surface area contributed by atoms with Crippen LogP contribution in [0.4, 0.5) is 0 Å². The Bertz CT molecular complexity index is 489. The molecule has 0 heterocycles. The van der Waals surface area contributed by atoms with Gasteiger partial charge >= 0.3 is 30.0 Å². The van der Waals surface area contributed by atoms with Gasteiger partial charge in [0.2, 0.25) is 0 Å². The maximum absolute atomic E-state index is 5.78. The Labute approximate surface area is 137 Å². The number of benzene rings is 2. The fourth-order valence-corrected chi connectivity index (χ4v) is 1.60. The molecule has 2 rings (SSSR count). The minimum absolute atomic E-state index is 0.139. The Morgan fingerprint density at radius 1 is 1.10 bits per heavy atom. The van der Waals surface area contributed by atoms with Crippen molar-refractivity contribution in [1.82, 2.24) is 0 Å². The van der Waals surface area contributed by atoms with Crippen LogP contribution in [0.3, 0.4) is 0 Å². The van der Waals surface area contributed by atoms with E-state index in [1.165, 1.54) is 16.3 Å². The SMILES string of the molecule is CC(C)Oc1ccccc1OCc1c[c-]ccc1.[Zn+][Br]. The third-order valence-corrected chi connectivity index (χ3v) is 2.38. The van der Waals surface area contributed by atoms with E-state index in [-0.39, 0.29) is 6.10 Å². The van der Waals surface area contributed by atoms with Gasteiger partial charge in [0.05, 0.1) is 12.7 Å².